The number of Topliss-reactive ketones (excluding diaryl/α,β-unsaturated/α-hetero) is 1. The molecular formula is C32H35NO8. The average molecular weight is 562 g/mol. The summed E-state index contributed by atoms with van der Waals surface area (Å²) in [4.78, 5) is 37.7. The highest BCUT2D eigenvalue weighted by molar-refractivity contribution is 6.40. The van der Waals surface area contributed by atoms with Gasteiger partial charge in [0.05, 0.1) is 39.6 Å². The van der Waals surface area contributed by atoms with Gasteiger partial charge in [0, 0.05) is 25.1 Å². The molecule has 0 aromatic heterocycles. The van der Waals surface area contributed by atoms with Crippen LogP contribution in [0.2, 0.25) is 0 Å². The van der Waals surface area contributed by atoms with E-state index in [1.165, 1.54) is 27.2 Å². The molecule has 0 N–H and O–H groups in total. The molecule has 9 nitrogen and oxygen atoms in total. The molecule has 1 aliphatic rings. The van der Waals surface area contributed by atoms with Crippen LogP contribution < -0.4 is 0 Å². The molecule has 1 amide bonds. The van der Waals surface area contributed by atoms with Crippen LogP contribution >= 0.6 is 0 Å². The molecule has 0 unspecified atom stereocenters. The first kappa shape index (κ1) is 29.9. The normalized spacial score (nSPS) is 11.9. The van der Waals surface area contributed by atoms with Crippen molar-refractivity contribution in [3.63, 3.8) is 0 Å². The Morgan fingerprint density at radius 3 is 1.76 bits per heavy atom. The molecule has 0 radical (unpaired) electrons. The van der Waals surface area contributed by atoms with Crippen molar-refractivity contribution in [2.45, 2.75) is 5.92 Å². The molecule has 9 heteroatoms. The molecule has 41 heavy (non-hydrogen) atoms. The SMILES string of the molecule is CN(CCOCCOCCOCCOC(=O)C(=O)c1ccccc1)C(=O)OCC1c2ccccc2-c2ccccc21. The average Bonchev–Trinajstić information content (AvgIpc) is 3.33. The maximum Gasteiger partial charge on any atom is 0.409 e. The summed E-state index contributed by atoms with van der Waals surface area (Å²) in [6.45, 7) is 2.58. The molecule has 4 rings (SSSR count). The first-order chi connectivity index (χ1) is 20.1. The van der Waals surface area contributed by atoms with Gasteiger partial charge in [-0.05, 0) is 22.3 Å². The second kappa shape index (κ2) is 15.7. The molecule has 0 atom stereocenters. The monoisotopic (exact) mass is 561 g/mol. The van der Waals surface area contributed by atoms with Gasteiger partial charge in [0.15, 0.2) is 0 Å². The van der Waals surface area contributed by atoms with Crippen molar-refractivity contribution in [3.8, 4) is 11.1 Å². The first-order valence-corrected chi connectivity index (χ1v) is 13.6. The Balaban J connectivity index is 0.997. The number of ether oxygens (including phenoxy) is 5. The fourth-order valence-corrected chi connectivity index (χ4v) is 4.51. The molecule has 3 aromatic carbocycles. The number of esters is 1. The van der Waals surface area contributed by atoms with Crippen molar-refractivity contribution in [3.05, 3.63) is 95.6 Å². The Bertz CT molecular complexity index is 1250. The standard InChI is InChI=1S/C32H35NO8/c1-33(32(36)41-23-29-27-13-7-5-11-25(27)26-12-6-8-14-28(26)29)15-16-37-17-18-38-19-20-39-21-22-40-31(35)30(34)24-9-3-2-4-10-24/h2-14,29H,15-23H2,1H3. The molecule has 0 heterocycles. The number of carbonyl (C=O) groups excluding carboxylic acids is 3. The van der Waals surface area contributed by atoms with Crippen molar-refractivity contribution in [2.24, 2.45) is 0 Å². The number of carbonyl (C=O) groups is 3. The smallest absolute Gasteiger partial charge is 0.409 e. The lowest BCUT2D eigenvalue weighted by atomic mass is 9.98. The minimum Gasteiger partial charge on any atom is -0.457 e. The van der Waals surface area contributed by atoms with E-state index in [1.54, 1.807) is 37.4 Å². The lowest BCUT2D eigenvalue weighted by molar-refractivity contribution is -0.139. The van der Waals surface area contributed by atoms with Gasteiger partial charge in [0.25, 0.3) is 5.78 Å². The van der Waals surface area contributed by atoms with Gasteiger partial charge in [0.1, 0.15) is 13.2 Å². The highest BCUT2D eigenvalue weighted by Crippen LogP contribution is 2.44. The van der Waals surface area contributed by atoms with Crippen LogP contribution in [0.25, 0.3) is 11.1 Å². The van der Waals surface area contributed by atoms with Gasteiger partial charge in [-0.3, -0.25) is 4.79 Å². The summed E-state index contributed by atoms with van der Waals surface area (Å²) < 4.78 is 26.9. The summed E-state index contributed by atoms with van der Waals surface area (Å²) in [5, 5.41) is 0. The fraction of sp³-hybridized carbons (Fsp3) is 0.344. The Kier molecular flexibility index (Phi) is 11.4. The first-order valence-electron chi connectivity index (χ1n) is 13.6. The number of likely N-dealkylation sites (N-methyl/N-ethyl adjacent to an activating group) is 1. The molecule has 0 aliphatic heterocycles. The zero-order valence-corrected chi connectivity index (χ0v) is 23.2. The number of ketones is 1. The number of hydrogen-bond donors (Lipinski definition) is 0. The van der Waals surface area contributed by atoms with Gasteiger partial charge in [-0.1, -0.05) is 78.9 Å². The van der Waals surface area contributed by atoms with Crippen molar-refractivity contribution >= 4 is 17.8 Å². The number of amides is 1. The fourth-order valence-electron chi connectivity index (χ4n) is 4.51. The topological polar surface area (TPSA) is 101 Å². The third-order valence-corrected chi connectivity index (χ3v) is 6.64. The second-order valence-electron chi connectivity index (χ2n) is 9.39. The molecule has 1 aliphatic carbocycles. The Labute approximate surface area is 239 Å². The van der Waals surface area contributed by atoms with Crippen LogP contribution in [0.5, 0.6) is 0 Å². The molecular weight excluding hydrogens is 526 g/mol. The van der Waals surface area contributed by atoms with E-state index in [1.807, 2.05) is 24.3 Å². The zero-order chi connectivity index (χ0) is 28.9. The largest absolute Gasteiger partial charge is 0.457 e. The van der Waals surface area contributed by atoms with Gasteiger partial charge in [-0.2, -0.15) is 0 Å². The van der Waals surface area contributed by atoms with Gasteiger partial charge >= 0.3 is 12.1 Å². The lowest BCUT2D eigenvalue weighted by Crippen LogP contribution is -2.32. The Hall–Kier alpha value is -4.05. The zero-order valence-electron chi connectivity index (χ0n) is 23.2. The molecule has 0 saturated carbocycles. The summed E-state index contributed by atoms with van der Waals surface area (Å²) in [5.41, 5.74) is 5.03. The Morgan fingerprint density at radius 2 is 1.15 bits per heavy atom. The van der Waals surface area contributed by atoms with E-state index in [0.29, 0.717) is 39.6 Å². The molecule has 3 aromatic rings. The van der Waals surface area contributed by atoms with Gasteiger partial charge < -0.3 is 28.6 Å². The summed E-state index contributed by atoms with van der Waals surface area (Å²) in [7, 11) is 1.69. The quantitative estimate of drug-likeness (QED) is 0.110. The minimum atomic E-state index is -0.905. The maximum atomic E-state index is 12.5. The number of benzene rings is 3. The highest BCUT2D eigenvalue weighted by atomic mass is 16.6. The van der Waals surface area contributed by atoms with Crippen LogP contribution in [-0.2, 0) is 28.5 Å². The summed E-state index contributed by atoms with van der Waals surface area (Å²) in [5.74, 6) is -1.56. The minimum absolute atomic E-state index is 0.0162. The second-order valence-corrected chi connectivity index (χ2v) is 9.39. The van der Waals surface area contributed by atoms with Crippen LogP contribution in [0.15, 0.2) is 78.9 Å². The predicted octanol–water partition coefficient (Wildman–Crippen LogP) is 4.34. The highest BCUT2D eigenvalue weighted by Gasteiger charge is 2.29. The van der Waals surface area contributed by atoms with Crippen molar-refractivity contribution in [1.82, 2.24) is 4.90 Å². The van der Waals surface area contributed by atoms with Gasteiger partial charge in [0.2, 0.25) is 0 Å². The number of rotatable bonds is 16. The molecule has 0 fully saturated rings. The third kappa shape index (κ3) is 8.47. The van der Waals surface area contributed by atoms with E-state index in [0.717, 1.165) is 0 Å². The number of fused-ring (bicyclic) bond motifs is 3. The Morgan fingerprint density at radius 1 is 0.634 bits per heavy atom. The van der Waals surface area contributed by atoms with E-state index in [-0.39, 0.29) is 37.4 Å². The number of hydrogen-bond acceptors (Lipinski definition) is 8. The van der Waals surface area contributed by atoms with Crippen molar-refractivity contribution in [1.29, 1.82) is 0 Å². The van der Waals surface area contributed by atoms with E-state index in [2.05, 4.69) is 24.3 Å². The van der Waals surface area contributed by atoms with E-state index >= 15 is 0 Å². The summed E-state index contributed by atoms with van der Waals surface area (Å²) >= 11 is 0. The van der Waals surface area contributed by atoms with Crippen LogP contribution in [0, 0.1) is 0 Å². The van der Waals surface area contributed by atoms with Crippen molar-refractivity contribution in [2.75, 3.05) is 66.4 Å². The third-order valence-electron chi connectivity index (χ3n) is 6.64. The summed E-state index contributed by atoms with van der Waals surface area (Å²) in [6, 6.07) is 24.7. The van der Waals surface area contributed by atoms with E-state index < -0.39 is 11.8 Å². The number of nitrogens with zero attached hydrogens (tertiary/aromatic N) is 1. The van der Waals surface area contributed by atoms with E-state index in [9.17, 15) is 14.4 Å². The van der Waals surface area contributed by atoms with Crippen LogP contribution in [-0.4, -0.2) is 89.2 Å². The maximum absolute atomic E-state index is 12.5. The molecule has 0 saturated heterocycles. The van der Waals surface area contributed by atoms with Gasteiger partial charge in [-0.25, -0.2) is 9.59 Å². The lowest BCUT2D eigenvalue weighted by Gasteiger charge is -2.19. The van der Waals surface area contributed by atoms with Crippen LogP contribution in [0.1, 0.15) is 27.4 Å². The van der Waals surface area contributed by atoms with Crippen LogP contribution in [0.4, 0.5) is 4.79 Å². The predicted molar refractivity (Wildman–Crippen MR) is 152 cm³/mol. The summed E-state index contributed by atoms with van der Waals surface area (Å²) in [6.07, 6.45) is -0.390. The van der Waals surface area contributed by atoms with Gasteiger partial charge in [-0.15, -0.1) is 0 Å². The van der Waals surface area contributed by atoms with Crippen LogP contribution in [0.3, 0.4) is 0 Å². The van der Waals surface area contributed by atoms with E-state index in [4.69, 9.17) is 23.7 Å². The molecule has 216 valence electrons. The molecule has 0 spiro atoms. The van der Waals surface area contributed by atoms with Crippen molar-refractivity contribution < 1.29 is 38.1 Å². The molecule has 0 bridgehead atoms.